The van der Waals surface area contributed by atoms with Crippen LogP contribution in [0.2, 0.25) is 0 Å². The van der Waals surface area contributed by atoms with E-state index < -0.39 is 18.1 Å². The molecule has 0 rings (SSSR count). The Hall–Kier alpha value is 4.28. The van der Waals surface area contributed by atoms with Crippen molar-refractivity contribution in [2.45, 2.75) is 0 Å². The van der Waals surface area contributed by atoms with Crippen molar-refractivity contribution < 1.29 is 143 Å². The topological polar surface area (TPSA) is 158 Å². The summed E-state index contributed by atoms with van der Waals surface area (Å²) in [5, 5.41) is 0. The van der Waals surface area contributed by atoms with Crippen LogP contribution in [0.3, 0.4) is 0 Å². The van der Waals surface area contributed by atoms with Gasteiger partial charge in [-0.05, 0) is 22.4 Å². The molecule has 0 aromatic rings. The number of rotatable bonds is 0. The molecule has 0 atom stereocenters. The second-order valence-corrected chi connectivity index (χ2v) is 4.90. The van der Waals surface area contributed by atoms with Gasteiger partial charge < -0.3 is 23.7 Å². The molecule has 15 heteroatoms. The molecule has 0 aliphatic rings. The standard InChI is InChI=1S/Au.3Na.2H2O3S2.H2O/c;;;;2*1-5(2,3)4;/h;;;;2*(H2,1,2,3,4);1H2/q4*+1;;;/p-4. The van der Waals surface area contributed by atoms with E-state index in [-0.39, 0.29) is 117 Å². The first-order valence-corrected chi connectivity index (χ1v) is 6.00. The molecule has 0 fully saturated rings. The molecular weight excluding hydrogens is 506 g/mol. The van der Waals surface area contributed by atoms with E-state index in [0.717, 1.165) is 0 Å². The molecule has 0 aliphatic carbocycles. The first kappa shape index (κ1) is 42.7. The molecule has 0 aromatic heterocycles. The van der Waals surface area contributed by atoms with Gasteiger partial charge >= 0.3 is 111 Å². The van der Waals surface area contributed by atoms with Crippen molar-refractivity contribution in [1.82, 2.24) is 0 Å². The average molecular weight is 508 g/mol. The smallest absolute Gasteiger partial charge is 0.780 e. The maximum Gasteiger partial charge on any atom is 1.00 e. The minimum absolute atomic E-state index is 0. The van der Waals surface area contributed by atoms with E-state index in [1.165, 1.54) is 0 Å². The quantitative estimate of drug-likeness (QED) is 0.292. The van der Waals surface area contributed by atoms with E-state index in [1.54, 1.807) is 0 Å². The van der Waals surface area contributed by atoms with Gasteiger partial charge in [0.25, 0.3) is 0 Å². The Labute approximate surface area is 180 Å². The number of hydrogen-bond acceptors (Lipinski definition) is 8. The zero-order valence-corrected chi connectivity index (χ0v) is 19.3. The van der Waals surface area contributed by atoms with Gasteiger partial charge in [-0.3, -0.25) is 8.42 Å². The van der Waals surface area contributed by atoms with Crippen LogP contribution in [0.15, 0.2) is 0 Å². The van der Waals surface area contributed by atoms with Crippen LogP contribution in [0.5, 0.6) is 0 Å². The molecule has 2 N–H and O–H groups in total. The van der Waals surface area contributed by atoms with Gasteiger partial charge in [-0.25, -0.2) is 0 Å². The first-order valence-electron chi connectivity index (χ1n) is 1.33. The molecule has 0 unspecified atom stereocenters. The van der Waals surface area contributed by atoms with Crippen LogP contribution in [-0.4, -0.2) is 32.1 Å². The molecule has 0 bridgehead atoms. The fourth-order valence-electron chi connectivity index (χ4n) is 0. The zero-order valence-electron chi connectivity index (χ0n) is 7.88. The van der Waals surface area contributed by atoms with E-state index in [2.05, 4.69) is 22.4 Å². The van der Waals surface area contributed by atoms with Crippen molar-refractivity contribution in [1.29, 1.82) is 0 Å². The van der Waals surface area contributed by atoms with E-state index >= 15 is 0 Å². The second-order valence-electron chi connectivity index (χ2n) is 0.816. The molecule has 0 radical (unpaired) electrons. The van der Waals surface area contributed by atoms with E-state index in [9.17, 15) is 0 Å². The fraction of sp³-hybridized carbons (Fsp3) is 0. The first-order chi connectivity index (χ1) is 4.00. The van der Waals surface area contributed by atoms with E-state index in [1.807, 2.05) is 0 Å². The minimum atomic E-state index is -4.33. The Morgan fingerprint density at radius 1 is 0.733 bits per heavy atom. The van der Waals surface area contributed by atoms with Gasteiger partial charge in [-0.15, -0.1) is 18.1 Å². The van der Waals surface area contributed by atoms with Gasteiger partial charge in [0.2, 0.25) is 0 Å². The summed E-state index contributed by atoms with van der Waals surface area (Å²) in [6.07, 6.45) is 0. The normalized spacial score (nSPS) is 7.73. The van der Waals surface area contributed by atoms with Crippen molar-refractivity contribution in [3.8, 4) is 0 Å². The summed E-state index contributed by atoms with van der Waals surface area (Å²) < 4.78 is 53.3. The zero-order chi connectivity index (χ0) is 9.00. The van der Waals surface area contributed by atoms with Crippen LogP contribution in [0.1, 0.15) is 0 Å². The van der Waals surface area contributed by atoms with Crippen molar-refractivity contribution in [2.24, 2.45) is 0 Å². The molecule has 0 saturated heterocycles. The van der Waals surface area contributed by atoms with Crippen LogP contribution in [-0.2, 0) is 62.9 Å². The Kier molecular flexibility index (Phi) is 58.7. The second kappa shape index (κ2) is 20.6. The van der Waals surface area contributed by atoms with Gasteiger partial charge in [0.05, 0.1) is 0 Å². The van der Waals surface area contributed by atoms with Crippen molar-refractivity contribution >= 4 is 40.5 Å². The Balaban J connectivity index is -0.0000000128. The Bertz CT molecular complexity index is 223. The van der Waals surface area contributed by atoms with E-state index in [0.29, 0.717) is 0 Å². The van der Waals surface area contributed by atoms with Crippen molar-refractivity contribution in [3.63, 3.8) is 0 Å². The van der Waals surface area contributed by atoms with Crippen molar-refractivity contribution in [3.05, 3.63) is 0 Å². The molecule has 0 aliphatic heterocycles. The SMILES string of the molecule is O.O=S([O-])([O-])=S.O=S([O-])([O-])=S.[Au+].[Na+].[Na+].[Na+]. The predicted molar refractivity (Wildman–Crippen MR) is 37.7 cm³/mol. The maximum absolute atomic E-state index is 8.89. The monoisotopic (exact) mass is 508 g/mol. The van der Waals surface area contributed by atoms with Gasteiger partial charge in [0.15, 0.2) is 0 Å². The van der Waals surface area contributed by atoms with Crippen LogP contribution in [0.25, 0.3) is 0 Å². The fourth-order valence-corrected chi connectivity index (χ4v) is 0. The summed E-state index contributed by atoms with van der Waals surface area (Å²) in [5.74, 6) is 0. The maximum atomic E-state index is 8.89. The summed E-state index contributed by atoms with van der Waals surface area (Å²) in [6, 6.07) is 0. The average Bonchev–Trinajstić information content (AvgIpc) is 1.12. The Morgan fingerprint density at radius 3 is 0.733 bits per heavy atom. The summed E-state index contributed by atoms with van der Waals surface area (Å²) in [5.41, 5.74) is 0. The van der Waals surface area contributed by atoms with Gasteiger partial charge in [-0.2, -0.15) is 0 Å². The van der Waals surface area contributed by atoms with Gasteiger partial charge in [-0.1, -0.05) is 0 Å². The van der Waals surface area contributed by atoms with Crippen LogP contribution >= 0.6 is 0 Å². The van der Waals surface area contributed by atoms with Crippen LogP contribution < -0.4 is 88.7 Å². The molecule has 15 heavy (non-hydrogen) atoms. The summed E-state index contributed by atoms with van der Waals surface area (Å²) >= 11 is 6.49. The summed E-state index contributed by atoms with van der Waals surface area (Å²) in [4.78, 5) is 0. The number of hydrogen-bond donors (Lipinski definition) is 0. The minimum Gasteiger partial charge on any atom is -0.780 e. The molecule has 0 aromatic carbocycles. The third-order valence-electron chi connectivity index (χ3n) is 0. The largest absolute Gasteiger partial charge is 1.00 e. The Morgan fingerprint density at radius 2 is 0.733 bits per heavy atom. The van der Waals surface area contributed by atoms with E-state index in [4.69, 9.17) is 26.6 Å². The molecule has 0 spiro atoms. The molecule has 0 amide bonds. The van der Waals surface area contributed by atoms with Gasteiger partial charge in [0.1, 0.15) is 0 Å². The molecule has 7 nitrogen and oxygen atoms in total. The third kappa shape index (κ3) is 264. The molecule has 82 valence electrons. The molecule has 0 heterocycles. The molecule has 0 saturated carbocycles. The van der Waals surface area contributed by atoms with Crippen LogP contribution in [0.4, 0.5) is 0 Å². The summed E-state index contributed by atoms with van der Waals surface area (Å²) in [6.45, 7) is 0. The third-order valence-corrected chi connectivity index (χ3v) is 0. The molecular formula is H2AuNa3O7S4. The predicted octanol–water partition coefficient (Wildman–Crippen LogP) is -11.8. The van der Waals surface area contributed by atoms with Crippen LogP contribution in [0, 0.1) is 0 Å². The van der Waals surface area contributed by atoms with Crippen molar-refractivity contribution in [2.75, 3.05) is 0 Å². The van der Waals surface area contributed by atoms with Gasteiger partial charge in [0, 0.05) is 0 Å². The summed E-state index contributed by atoms with van der Waals surface area (Å²) in [7, 11) is -8.67.